The molecule has 0 bridgehead atoms. The van der Waals surface area contributed by atoms with Crippen molar-refractivity contribution in [2.75, 3.05) is 11.1 Å². The van der Waals surface area contributed by atoms with Crippen molar-refractivity contribution in [3.05, 3.63) is 46.4 Å². The van der Waals surface area contributed by atoms with E-state index in [0.29, 0.717) is 29.1 Å². The topological polar surface area (TPSA) is 63.8 Å². The second-order valence-corrected chi connectivity index (χ2v) is 5.61. The number of hydrogen-bond donors (Lipinski definition) is 2. The minimum atomic E-state index is 0.341. The van der Waals surface area contributed by atoms with Gasteiger partial charge in [-0.2, -0.15) is 0 Å². The van der Waals surface area contributed by atoms with Gasteiger partial charge in [0.1, 0.15) is 11.5 Å². The molecule has 2 aromatic rings. The number of benzene rings is 1. The van der Waals surface area contributed by atoms with Crippen LogP contribution in [0.15, 0.2) is 24.3 Å². The summed E-state index contributed by atoms with van der Waals surface area (Å²) in [4.78, 5) is 8.75. The smallest absolute Gasteiger partial charge is 0.157 e. The molecule has 3 rings (SSSR count). The van der Waals surface area contributed by atoms with E-state index in [2.05, 4.69) is 46.5 Å². The molecular weight excluding hydrogens is 272 g/mol. The lowest BCUT2D eigenvalue weighted by Crippen LogP contribution is -2.08. The molecule has 4 nitrogen and oxygen atoms in total. The summed E-state index contributed by atoms with van der Waals surface area (Å²) >= 11 is 6.08. The standard InChI is InChI=1S/C15H17ClN4/c1-9-2-4-10(5-3-9)8-18-15-12(17)13(16)19-14(20-15)11-6-7-11/h2-5,11H,6-8,17H2,1H3,(H,18,19,20). The lowest BCUT2D eigenvalue weighted by Gasteiger charge is -2.11. The Morgan fingerprint density at radius 3 is 2.60 bits per heavy atom. The summed E-state index contributed by atoms with van der Waals surface area (Å²) in [5.74, 6) is 1.89. The third kappa shape index (κ3) is 2.85. The van der Waals surface area contributed by atoms with Gasteiger partial charge < -0.3 is 11.1 Å². The highest BCUT2D eigenvalue weighted by Gasteiger charge is 2.28. The largest absolute Gasteiger partial charge is 0.393 e. The predicted octanol–water partition coefficient (Wildman–Crippen LogP) is 3.51. The fraction of sp³-hybridized carbons (Fsp3) is 0.333. The molecule has 1 aliphatic carbocycles. The van der Waals surface area contributed by atoms with Crippen molar-refractivity contribution in [3.63, 3.8) is 0 Å². The van der Waals surface area contributed by atoms with Crippen LogP contribution in [0.4, 0.5) is 11.5 Å². The molecule has 5 heteroatoms. The molecule has 1 aliphatic rings. The Kier molecular flexibility index (Phi) is 3.49. The molecule has 0 unspecified atom stereocenters. The number of nitrogens with zero attached hydrogens (tertiary/aromatic N) is 2. The van der Waals surface area contributed by atoms with Crippen molar-refractivity contribution in [1.29, 1.82) is 0 Å². The number of aryl methyl sites for hydroxylation is 1. The second kappa shape index (κ2) is 5.29. The molecule has 0 radical (unpaired) electrons. The average molecular weight is 289 g/mol. The van der Waals surface area contributed by atoms with E-state index in [9.17, 15) is 0 Å². The number of nitrogens with one attached hydrogen (secondary N) is 1. The second-order valence-electron chi connectivity index (χ2n) is 5.25. The molecule has 0 amide bonds. The molecule has 1 fully saturated rings. The quantitative estimate of drug-likeness (QED) is 0.845. The van der Waals surface area contributed by atoms with E-state index in [4.69, 9.17) is 17.3 Å². The Hall–Kier alpha value is -1.81. The van der Waals surface area contributed by atoms with Crippen LogP contribution in [-0.4, -0.2) is 9.97 Å². The van der Waals surface area contributed by atoms with Crippen LogP contribution in [0.2, 0.25) is 5.15 Å². The average Bonchev–Trinajstić information content (AvgIpc) is 3.26. The highest BCUT2D eigenvalue weighted by atomic mass is 35.5. The van der Waals surface area contributed by atoms with Crippen LogP contribution in [0.5, 0.6) is 0 Å². The van der Waals surface area contributed by atoms with E-state index in [-0.39, 0.29) is 0 Å². The third-order valence-electron chi connectivity index (χ3n) is 3.44. The first kappa shape index (κ1) is 13.2. The maximum atomic E-state index is 6.08. The van der Waals surface area contributed by atoms with Gasteiger partial charge in [0.15, 0.2) is 11.0 Å². The molecule has 0 aliphatic heterocycles. The van der Waals surface area contributed by atoms with E-state index >= 15 is 0 Å². The van der Waals surface area contributed by atoms with Gasteiger partial charge in [-0.15, -0.1) is 0 Å². The lowest BCUT2D eigenvalue weighted by molar-refractivity contribution is 0.924. The van der Waals surface area contributed by atoms with Gasteiger partial charge in [0.2, 0.25) is 0 Å². The fourth-order valence-electron chi connectivity index (χ4n) is 2.01. The molecule has 0 atom stereocenters. The van der Waals surface area contributed by atoms with E-state index in [1.54, 1.807) is 0 Å². The number of aromatic nitrogens is 2. The van der Waals surface area contributed by atoms with Gasteiger partial charge >= 0.3 is 0 Å². The van der Waals surface area contributed by atoms with Crippen LogP contribution in [-0.2, 0) is 6.54 Å². The summed E-state index contributed by atoms with van der Waals surface area (Å²) in [6.45, 7) is 2.74. The molecule has 0 saturated heterocycles. The third-order valence-corrected chi connectivity index (χ3v) is 3.73. The Balaban J connectivity index is 1.77. The van der Waals surface area contributed by atoms with Crippen molar-refractivity contribution in [2.24, 2.45) is 0 Å². The molecule has 1 aromatic heterocycles. The Morgan fingerprint density at radius 2 is 1.95 bits per heavy atom. The van der Waals surface area contributed by atoms with Crippen LogP contribution < -0.4 is 11.1 Å². The van der Waals surface area contributed by atoms with E-state index in [0.717, 1.165) is 18.7 Å². The van der Waals surface area contributed by atoms with E-state index in [1.807, 2.05) is 0 Å². The maximum Gasteiger partial charge on any atom is 0.157 e. The molecule has 0 spiro atoms. The van der Waals surface area contributed by atoms with E-state index in [1.165, 1.54) is 11.1 Å². The molecule has 3 N–H and O–H groups in total. The van der Waals surface area contributed by atoms with Gasteiger partial charge in [-0.25, -0.2) is 9.97 Å². The zero-order chi connectivity index (χ0) is 14.1. The van der Waals surface area contributed by atoms with Crippen LogP contribution >= 0.6 is 11.6 Å². The van der Waals surface area contributed by atoms with Crippen molar-refractivity contribution in [2.45, 2.75) is 32.2 Å². The number of halogens is 1. The first-order chi connectivity index (χ1) is 9.63. The Morgan fingerprint density at radius 1 is 1.25 bits per heavy atom. The highest BCUT2D eigenvalue weighted by Crippen LogP contribution is 2.40. The minimum absolute atomic E-state index is 0.341. The first-order valence-corrected chi connectivity index (χ1v) is 7.13. The predicted molar refractivity (Wildman–Crippen MR) is 81.9 cm³/mol. The zero-order valence-electron chi connectivity index (χ0n) is 11.4. The van der Waals surface area contributed by atoms with E-state index < -0.39 is 0 Å². The summed E-state index contributed by atoms with van der Waals surface area (Å²) in [5, 5.41) is 3.59. The van der Waals surface area contributed by atoms with Gasteiger partial charge in [0, 0.05) is 12.5 Å². The van der Waals surface area contributed by atoms with Crippen LogP contribution in [0.3, 0.4) is 0 Å². The SMILES string of the molecule is Cc1ccc(CNc2nc(C3CC3)nc(Cl)c2N)cc1. The summed E-state index contributed by atoms with van der Waals surface area (Å²) in [5.41, 5.74) is 8.78. The highest BCUT2D eigenvalue weighted by molar-refractivity contribution is 6.32. The minimum Gasteiger partial charge on any atom is -0.393 e. The van der Waals surface area contributed by atoms with Gasteiger partial charge in [-0.3, -0.25) is 0 Å². The Bertz CT molecular complexity index is 621. The molecular formula is C15H17ClN4. The number of rotatable bonds is 4. The number of nitrogens with two attached hydrogens (primary N) is 1. The molecule has 1 saturated carbocycles. The molecule has 20 heavy (non-hydrogen) atoms. The van der Waals surface area contributed by atoms with Crippen molar-refractivity contribution < 1.29 is 0 Å². The van der Waals surface area contributed by atoms with Crippen molar-refractivity contribution >= 4 is 23.1 Å². The summed E-state index contributed by atoms with van der Waals surface area (Å²) in [6.07, 6.45) is 2.27. The summed E-state index contributed by atoms with van der Waals surface area (Å²) < 4.78 is 0. The van der Waals surface area contributed by atoms with Crippen LogP contribution in [0.1, 0.15) is 35.7 Å². The summed E-state index contributed by atoms with van der Waals surface area (Å²) in [7, 11) is 0. The number of hydrogen-bond acceptors (Lipinski definition) is 4. The lowest BCUT2D eigenvalue weighted by atomic mass is 10.1. The van der Waals surface area contributed by atoms with Gasteiger partial charge in [-0.1, -0.05) is 41.4 Å². The maximum absolute atomic E-state index is 6.08. The van der Waals surface area contributed by atoms with Crippen molar-refractivity contribution in [1.82, 2.24) is 9.97 Å². The number of anilines is 2. The number of nitrogen functional groups attached to an aromatic ring is 1. The van der Waals surface area contributed by atoms with Gasteiger partial charge in [0.05, 0.1) is 0 Å². The zero-order valence-corrected chi connectivity index (χ0v) is 12.1. The molecule has 104 valence electrons. The normalized spacial score (nSPS) is 14.3. The fourth-order valence-corrected chi connectivity index (χ4v) is 2.18. The summed E-state index contributed by atoms with van der Waals surface area (Å²) in [6, 6.07) is 8.35. The Labute approximate surface area is 123 Å². The van der Waals surface area contributed by atoms with Gasteiger partial charge in [-0.05, 0) is 25.3 Å². The van der Waals surface area contributed by atoms with Crippen molar-refractivity contribution in [3.8, 4) is 0 Å². The first-order valence-electron chi connectivity index (χ1n) is 6.76. The van der Waals surface area contributed by atoms with Crippen LogP contribution in [0, 0.1) is 6.92 Å². The molecule has 1 heterocycles. The molecule has 1 aromatic carbocycles. The van der Waals surface area contributed by atoms with Gasteiger partial charge in [0.25, 0.3) is 0 Å². The van der Waals surface area contributed by atoms with Crippen LogP contribution in [0.25, 0.3) is 0 Å². The monoisotopic (exact) mass is 288 g/mol.